The molecule has 0 aromatic rings. The van der Waals surface area contributed by atoms with Crippen molar-refractivity contribution in [3.8, 4) is 0 Å². The molecule has 2 amide bonds. The van der Waals surface area contributed by atoms with Gasteiger partial charge in [0.25, 0.3) is 0 Å². The van der Waals surface area contributed by atoms with Crippen LogP contribution < -0.4 is 10.6 Å². The monoisotopic (exact) mass is 272 g/mol. The number of aliphatic carboxylic acids is 1. The molecule has 6 nitrogen and oxygen atoms in total. The Morgan fingerprint density at radius 1 is 1.32 bits per heavy atom. The molecule has 0 heterocycles. The highest BCUT2D eigenvalue weighted by Gasteiger charge is 2.24. The fraction of sp³-hybridized carbons (Fsp3) is 0.846. The van der Waals surface area contributed by atoms with E-state index in [4.69, 9.17) is 5.11 Å². The summed E-state index contributed by atoms with van der Waals surface area (Å²) in [7, 11) is 0. The van der Waals surface area contributed by atoms with Gasteiger partial charge in [0.2, 0.25) is 0 Å². The van der Waals surface area contributed by atoms with Gasteiger partial charge in [0.1, 0.15) is 0 Å². The van der Waals surface area contributed by atoms with E-state index in [-0.39, 0.29) is 24.5 Å². The number of carboxylic acids is 1. The summed E-state index contributed by atoms with van der Waals surface area (Å²) >= 11 is 0. The Morgan fingerprint density at radius 3 is 2.63 bits per heavy atom. The van der Waals surface area contributed by atoms with Gasteiger partial charge in [-0.15, -0.1) is 0 Å². The van der Waals surface area contributed by atoms with Crippen LogP contribution in [0.25, 0.3) is 0 Å². The quantitative estimate of drug-likeness (QED) is 0.584. The maximum Gasteiger partial charge on any atom is 0.315 e. The molecule has 0 radical (unpaired) electrons. The molecule has 1 saturated carbocycles. The van der Waals surface area contributed by atoms with E-state index >= 15 is 0 Å². The molecule has 0 aliphatic heterocycles. The lowest BCUT2D eigenvalue weighted by atomic mass is 9.93. The summed E-state index contributed by atoms with van der Waals surface area (Å²) in [5.41, 5.74) is 0. The first-order valence-corrected chi connectivity index (χ1v) is 6.96. The molecule has 3 unspecified atom stereocenters. The van der Waals surface area contributed by atoms with E-state index < -0.39 is 12.1 Å². The normalized spacial score (nSPS) is 24.5. The summed E-state index contributed by atoms with van der Waals surface area (Å²) in [4.78, 5) is 22.1. The van der Waals surface area contributed by atoms with Crippen LogP contribution in [-0.2, 0) is 4.79 Å². The zero-order valence-corrected chi connectivity index (χ0v) is 11.4. The first-order chi connectivity index (χ1) is 8.99. The second-order valence-electron chi connectivity index (χ2n) is 5.26. The number of nitrogens with one attached hydrogen (secondary N) is 2. The van der Waals surface area contributed by atoms with Gasteiger partial charge in [-0.3, -0.25) is 4.79 Å². The maximum atomic E-state index is 11.7. The fourth-order valence-electron chi connectivity index (χ4n) is 2.35. The number of carboxylic acid groups (broad SMARTS) is 1. The molecule has 110 valence electrons. The molecule has 3 atom stereocenters. The molecular formula is C13H24N2O4. The van der Waals surface area contributed by atoms with Crippen molar-refractivity contribution in [1.29, 1.82) is 0 Å². The van der Waals surface area contributed by atoms with Crippen molar-refractivity contribution < 1.29 is 19.8 Å². The number of hydrogen-bond donors (Lipinski definition) is 4. The summed E-state index contributed by atoms with van der Waals surface area (Å²) in [5.74, 6) is -0.818. The second kappa shape index (κ2) is 7.99. The van der Waals surface area contributed by atoms with Crippen LogP contribution in [0.1, 0.15) is 51.9 Å². The number of urea groups is 1. The summed E-state index contributed by atoms with van der Waals surface area (Å²) in [6.45, 7) is 1.85. The van der Waals surface area contributed by atoms with Crippen molar-refractivity contribution >= 4 is 12.0 Å². The van der Waals surface area contributed by atoms with Gasteiger partial charge in [-0.05, 0) is 32.6 Å². The van der Waals surface area contributed by atoms with E-state index in [1.54, 1.807) is 0 Å². The topological polar surface area (TPSA) is 98.7 Å². The summed E-state index contributed by atoms with van der Waals surface area (Å²) in [6.07, 6.45) is 4.41. The van der Waals surface area contributed by atoms with Gasteiger partial charge in [0.15, 0.2) is 0 Å². The minimum atomic E-state index is -0.818. The highest BCUT2D eigenvalue weighted by Crippen LogP contribution is 2.18. The van der Waals surface area contributed by atoms with E-state index in [2.05, 4.69) is 10.6 Å². The third kappa shape index (κ3) is 6.42. The van der Waals surface area contributed by atoms with Crippen LogP contribution in [0.5, 0.6) is 0 Å². The highest BCUT2D eigenvalue weighted by molar-refractivity contribution is 5.74. The Kier molecular flexibility index (Phi) is 6.62. The SMILES string of the molecule is CC(CCCC(=O)O)NC(=O)NC1CCCCC1O. The minimum Gasteiger partial charge on any atom is -0.481 e. The van der Waals surface area contributed by atoms with Crippen LogP contribution in [0, 0.1) is 0 Å². The Labute approximate surface area is 113 Å². The smallest absolute Gasteiger partial charge is 0.315 e. The lowest BCUT2D eigenvalue weighted by Crippen LogP contribution is -2.50. The van der Waals surface area contributed by atoms with E-state index in [0.717, 1.165) is 25.7 Å². The predicted molar refractivity (Wildman–Crippen MR) is 70.9 cm³/mol. The third-order valence-corrected chi connectivity index (χ3v) is 3.45. The van der Waals surface area contributed by atoms with Gasteiger partial charge in [0, 0.05) is 12.5 Å². The standard InChI is InChI=1S/C13H24N2O4/c1-9(5-4-8-12(17)18)14-13(19)15-10-6-2-3-7-11(10)16/h9-11,16H,2-8H2,1H3,(H,17,18)(H2,14,15,19). The summed E-state index contributed by atoms with van der Waals surface area (Å²) in [6, 6.07) is -0.520. The molecule has 1 aliphatic rings. The zero-order valence-electron chi connectivity index (χ0n) is 11.4. The van der Waals surface area contributed by atoms with E-state index in [1.165, 1.54) is 0 Å². The average Bonchev–Trinajstić information content (AvgIpc) is 2.31. The number of carbonyl (C=O) groups excluding carboxylic acids is 1. The van der Waals surface area contributed by atoms with Crippen LogP contribution in [-0.4, -0.2) is 40.4 Å². The number of hydrogen-bond acceptors (Lipinski definition) is 3. The molecule has 6 heteroatoms. The van der Waals surface area contributed by atoms with Crippen LogP contribution in [0.2, 0.25) is 0 Å². The lowest BCUT2D eigenvalue weighted by Gasteiger charge is -2.29. The Bertz CT molecular complexity index is 309. The third-order valence-electron chi connectivity index (χ3n) is 3.45. The largest absolute Gasteiger partial charge is 0.481 e. The molecule has 1 rings (SSSR count). The Morgan fingerprint density at radius 2 is 2.00 bits per heavy atom. The summed E-state index contributed by atoms with van der Waals surface area (Å²) < 4.78 is 0. The Hall–Kier alpha value is -1.30. The molecule has 1 fully saturated rings. The molecule has 0 aromatic heterocycles. The Balaban J connectivity index is 2.20. The van der Waals surface area contributed by atoms with Crippen molar-refractivity contribution in [1.82, 2.24) is 10.6 Å². The number of carbonyl (C=O) groups is 2. The fourth-order valence-corrected chi connectivity index (χ4v) is 2.35. The van der Waals surface area contributed by atoms with Crippen molar-refractivity contribution in [2.45, 2.75) is 70.1 Å². The number of rotatable bonds is 6. The first-order valence-electron chi connectivity index (χ1n) is 6.96. The molecule has 0 aromatic carbocycles. The number of aliphatic hydroxyl groups excluding tert-OH is 1. The van der Waals surface area contributed by atoms with Crippen LogP contribution in [0.3, 0.4) is 0 Å². The molecular weight excluding hydrogens is 248 g/mol. The van der Waals surface area contributed by atoms with E-state index in [9.17, 15) is 14.7 Å². The predicted octanol–water partition coefficient (Wildman–Crippen LogP) is 1.23. The van der Waals surface area contributed by atoms with Gasteiger partial charge in [-0.25, -0.2) is 4.79 Å². The number of amides is 2. The molecule has 0 saturated heterocycles. The molecule has 19 heavy (non-hydrogen) atoms. The average molecular weight is 272 g/mol. The molecule has 0 bridgehead atoms. The second-order valence-corrected chi connectivity index (χ2v) is 5.26. The minimum absolute atomic E-state index is 0.0694. The van der Waals surface area contributed by atoms with Gasteiger partial charge in [-0.2, -0.15) is 0 Å². The van der Waals surface area contributed by atoms with Gasteiger partial charge in [-0.1, -0.05) is 12.8 Å². The number of aliphatic hydroxyl groups is 1. The summed E-state index contributed by atoms with van der Waals surface area (Å²) in [5, 5.41) is 23.8. The molecule has 4 N–H and O–H groups in total. The van der Waals surface area contributed by atoms with Crippen LogP contribution >= 0.6 is 0 Å². The van der Waals surface area contributed by atoms with Crippen molar-refractivity contribution in [3.63, 3.8) is 0 Å². The van der Waals surface area contributed by atoms with Gasteiger partial charge < -0.3 is 20.8 Å². The first kappa shape index (κ1) is 15.8. The molecule has 0 spiro atoms. The zero-order chi connectivity index (χ0) is 14.3. The van der Waals surface area contributed by atoms with Crippen molar-refractivity contribution in [3.05, 3.63) is 0 Å². The molecule has 1 aliphatic carbocycles. The maximum absolute atomic E-state index is 11.7. The van der Waals surface area contributed by atoms with E-state index in [0.29, 0.717) is 12.8 Å². The van der Waals surface area contributed by atoms with E-state index in [1.807, 2.05) is 6.92 Å². The lowest BCUT2D eigenvalue weighted by molar-refractivity contribution is -0.137. The van der Waals surface area contributed by atoms with Crippen LogP contribution in [0.4, 0.5) is 4.79 Å². The van der Waals surface area contributed by atoms with Crippen molar-refractivity contribution in [2.75, 3.05) is 0 Å². The van der Waals surface area contributed by atoms with Gasteiger partial charge in [0.05, 0.1) is 12.1 Å². The van der Waals surface area contributed by atoms with Crippen LogP contribution in [0.15, 0.2) is 0 Å². The van der Waals surface area contributed by atoms with Gasteiger partial charge >= 0.3 is 12.0 Å². The van der Waals surface area contributed by atoms with Crippen molar-refractivity contribution in [2.24, 2.45) is 0 Å². The highest BCUT2D eigenvalue weighted by atomic mass is 16.4.